The van der Waals surface area contributed by atoms with Crippen LogP contribution >= 0.6 is 0 Å². The number of nitrogens with zero attached hydrogens (tertiary/aromatic N) is 2. The number of amides is 1. The average Bonchev–Trinajstić information content (AvgIpc) is 2.88. The predicted molar refractivity (Wildman–Crippen MR) is 81.4 cm³/mol. The van der Waals surface area contributed by atoms with Gasteiger partial charge >= 0.3 is 0 Å². The number of ether oxygens (including phenoxy) is 2. The number of nitrogens with one attached hydrogen (secondary N) is 1. The maximum absolute atomic E-state index is 12.1. The van der Waals surface area contributed by atoms with Crippen molar-refractivity contribution >= 4 is 5.91 Å². The van der Waals surface area contributed by atoms with E-state index in [-0.39, 0.29) is 5.91 Å². The van der Waals surface area contributed by atoms with Crippen LogP contribution in [0.2, 0.25) is 0 Å². The number of carbonyl (C=O) groups excluding carboxylic acids is 1. The van der Waals surface area contributed by atoms with Crippen LogP contribution in [0.15, 0.2) is 0 Å². The van der Waals surface area contributed by atoms with Gasteiger partial charge in [-0.25, -0.2) is 0 Å². The van der Waals surface area contributed by atoms with Crippen LogP contribution in [0.25, 0.3) is 0 Å². The van der Waals surface area contributed by atoms with E-state index < -0.39 is 0 Å². The summed E-state index contributed by atoms with van der Waals surface area (Å²) < 4.78 is 10.7. The number of methoxy groups -OCH3 is 1. The molecule has 0 aromatic heterocycles. The molecule has 2 rings (SSSR count). The molecule has 2 aliphatic rings. The second kappa shape index (κ2) is 9.35. The van der Waals surface area contributed by atoms with E-state index in [2.05, 4.69) is 10.2 Å². The van der Waals surface area contributed by atoms with Gasteiger partial charge in [0.05, 0.1) is 19.3 Å². The lowest BCUT2D eigenvalue weighted by Gasteiger charge is -2.24. The lowest BCUT2D eigenvalue weighted by molar-refractivity contribution is -0.130. The third kappa shape index (κ3) is 5.90. The molecule has 0 aliphatic carbocycles. The number of carbonyl (C=O) groups is 1. The Balaban J connectivity index is 1.66. The minimum absolute atomic E-state index is 0.199. The van der Waals surface area contributed by atoms with Crippen LogP contribution in [0.3, 0.4) is 0 Å². The van der Waals surface area contributed by atoms with Crippen LogP contribution in [-0.4, -0.2) is 87.9 Å². The van der Waals surface area contributed by atoms with Crippen molar-refractivity contribution in [3.63, 3.8) is 0 Å². The van der Waals surface area contributed by atoms with Crippen molar-refractivity contribution in [2.75, 3.05) is 66.1 Å². The summed E-state index contributed by atoms with van der Waals surface area (Å²) in [6, 6.07) is 0. The van der Waals surface area contributed by atoms with Gasteiger partial charge < -0.3 is 19.7 Å². The van der Waals surface area contributed by atoms with E-state index in [4.69, 9.17) is 9.47 Å². The fraction of sp³-hybridized carbons (Fsp3) is 0.933. The minimum atomic E-state index is 0.199. The predicted octanol–water partition coefficient (Wildman–Crippen LogP) is -0.0643. The Morgan fingerprint density at radius 1 is 1.29 bits per heavy atom. The molecule has 6 heteroatoms. The maximum Gasteiger partial charge on any atom is 0.236 e. The highest BCUT2D eigenvalue weighted by atomic mass is 16.5. The Labute approximate surface area is 127 Å². The molecule has 0 aromatic rings. The second-order valence-electron chi connectivity index (χ2n) is 5.84. The molecule has 1 N–H and O–H groups in total. The van der Waals surface area contributed by atoms with Crippen molar-refractivity contribution in [2.45, 2.75) is 25.4 Å². The Hall–Kier alpha value is -0.690. The van der Waals surface area contributed by atoms with Crippen LogP contribution < -0.4 is 5.32 Å². The molecule has 2 saturated heterocycles. The monoisotopic (exact) mass is 299 g/mol. The molecule has 1 atom stereocenters. The first-order chi connectivity index (χ1) is 10.3. The van der Waals surface area contributed by atoms with Crippen molar-refractivity contribution < 1.29 is 14.3 Å². The Kier molecular flexibility index (Phi) is 7.43. The summed E-state index contributed by atoms with van der Waals surface area (Å²) in [5.41, 5.74) is 0. The molecule has 2 aliphatic heterocycles. The van der Waals surface area contributed by atoms with E-state index in [1.807, 2.05) is 4.90 Å². The molecular formula is C15H29N3O3. The van der Waals surface area contributed by atoms with Gasteiger partial charge in [0.25, 0.3) is 0 Å². The van der Waals surface area contributed by atoms with Gasteiger partial charge in [0.1, 0.15) is 0 Å². The first-order valence-electron chi connectivity index (χ1n) is 8.11. The summed E-state index contributed by atoms with van der Waals surface area (Å²) in [5.74, 6) is 0.199. The Morgan fingerprint density at radius 3 is 2.95 bits per heavy atom. The first kappa shape index (κ1) is 16.7. The van der Waals surface area contributed by atoms with E-state index in [9.17, 15) is 4.79 Å². The maximum atomic E-state index is 12.1. The SMILES string of the molecule is COCCNCC(=O)N1CCCN(CC2CCCO2)CC1. The van der Waals surface area contributed by atoms with Crippen molar-refractivity contribution in [3.8, 4) is 0 Å². The molecule has 0 saturated carbocycles. The number of hydrogen-bond donors (Lipinski definition) is 1. The van der Waals surface area contributed by atoms with Crippen molar-refractivity contribution in [2.24, 2.45) is 0 Å². The molecule has 6 nitrogen and oxygen atoms in total. The number of rotatable bonds is 7. The summed E-state index contributed by atoms with van der Waals surface area (Å²) in [6.45, 7) is 7.44. The fourth-order valence-corrected chi connectivity index (χ4v) is 2.96. The summed E-state index contributed by atoms with van der Waals surface area (Å²) in [7, 11) is 1.67. The van der Waals surface area contributed by atoms with Crippen LogP contribution in [0.5, 0.6) is 0 Å². The number of hydrogen-bond acceptors (Lipinski definition) is 5. The lowest BCUT2D eigenvalue weighted by Crippen LogP contribution is -2.41. The normalized spacial score (nSPS) is 24.2. The summed E-state index contributed by atoms with van der Waals surface area (Å²) in [4.78, 5) is 16.6. The van der Waals surface area contributed by atoms with Gasteiger partial charge in [0.2, 0.25) is 5.91 Å². The molecule has 1 amide bonds. The average molecular weight is 299 g/mol. The smallest absolute Gasteiger partial charge is 0.236 e. The molecule has 1 unspecified atom stereocenters. The van der Waals surface area contributed by atoms with Crippen molar-refractivity contribution in [3.05, 3.63) is 0 Å². The van der Waals surface area contributed by atoms with Gasteiger partial charge in [-0.15, -0.1) is 0 Å². The molecule has 2 fully saturated rings. The highest BCUT2D eigenvalue weighted by molar-refractivity contribution is 5.78. The van der Waals surface area contributed by atoms with E-state index >= 15 is 0 Å². The largest absolute Gasteiger partial charge is 0.383 e. The van der Waals surface area contributed by atoms with Gasteiger partial charge in [0.15, 0.2) is 0 Å². The molecule has 122 valence electrons. The second-order valence-corrected chi connectivity index (χ2v) is 5.84. The van der Waals surface area contributed by atoms with Crippen LogP contribution in [0, 0.1) is 0 Å². The van der Waals surface area contributed by atoms with Gasteiger partial charge in [-0.2, -0.15) is 0 Å². The molecule has 0 radical (unpaired) electrons. The van der Waals surface area contributed by atoms with Gasteiger partial charge in [-0.05, 0) is 25.8 Å². The third-order valence-electron chi connectivity index (χ3n) is 4.19. The zero-order valence-corrected chi connectivity index (χ0v) is 13.2. The van der Waals surface area contributed by atoms with Gasteiger partial charge in [-0.3, -0.25) is 9.69 Å². The van der Waals surface area contributed by atoms with Crippen molar-refractivity contribution in [1.29, 1.82) is 0 Å². The minimum Gasteiger partial charge on any atom is -0.383 e. The van der Waals surface area contributed by atoms with E-state index in [0.29, 0.717) is 19.3 Å². The molecule has 0 bridgehead atoms. The molecule has 0 aromatic carbocycles. The van der Waals surface area contributed by atoms with Crippen LogP contribution in [0.1, 0.15) is 19.3 Å². The Morgan fingerprint density at radius 2 is 2.19 bits per heavy atom. The zero-order chi connectivity index (χ0) is 14.9. The molecule has 0 spiro atoms. The van der Waals surface area contributed by atoms with Gasteiger partial charge in [0, 0.05) is 46.4 Å². The lowest BCUT2D eigenvalue weighted by atomic mass is 10.2. The summed E-state index contributed by atoms with van der Waals surface area (Å²) in [5, 5.41) is 3.12. The van der Waals surface area contributed by atoms with Crippen LogP contribution in [0.4, 0.5) is 0 Å². The quantitative estimate of drug-likeness (QED) is 0.667. The highest BCUT2D eigenvalue weighted by Crippen LogP contribution is 2.14. The van der Waals surface area contributed by atoms with E-state index in [1.54, 1.807) is 7.11 Å². The molecule has 21 heavy (non-hydrogen) atoms. The van der Waals surface area contributed by atoms with Crippen molar-refractivity contribution in [1.82, 2.24) is 15.1 Å². The first-order valence-corrected chi connectivity index (χ1v) is 8.11. The van der Waals surface area contributed by atoms with Gasteiger partial charge in [-0.1, -0.05) is 0 Å². The molecular weight excluding hydrogens is 270 g/mol. The Bertz CT molecular complexity index is 309. The summed E-state index contributed by atoms with van der Waals surface area (Å²) >= 11 is 0. The van der Waals surface area contributed by atoms with E-state index in [1.165, 1.54) is 12.8 Å². The summed E-state index contributed by atoms with van der Waals surface area (Å²) in [6.07, 6.45) is 3.83. The fourth-order valence-electron chi connectivity index (χ4n) is 2.96. The highest BCUT2D eigenvalue weighted by Gasteiger charge is 2.22. The zero-order valence-electron chi connectivity index (χ0n) is 13.2. The standard InChI is InChI=1S/C15H29N3O3/c1-20-11-5-16-12-15(19)18-7-3-6-17(8-9-18)13-14-4-2-10-21-14/h14,16H,2-13H2,1H3. The molecule has 2 heterocycles. The van der Waals surface area contributed by atoms with E-state index in [0.717, 1.165) is 52.3 Å². The van der Waals surface area contributed by atoms with Crippen LogP contribution in [-0.2, 0) is 14.3 Å². The topological polar surface area (TPSA) is 54.0 Å². The third-order valence-corrected chi connectivity index (χ3v) is 4.19.